The quantitative estimate of drug-likeness (QED) is 0.746. The maximum atomic E-state index is 5.92. The Bertz CT molecular complexity index is 345. The first-order valence-electron chi connectivity index (χ1n) is 7.25. The molecule has 0 saturated heterocycles. The average Bonchev–Trinajstić information content (AvgIpc) is 2.90. The summed E-state index contributed by atoms with van der Waals surface area (Å²) in [6.07, 6.45) is 7.78. The normalized spacial score (nSPS) is 16.1. The zero-order valence-corrected chi connectivity index (χ0v) is 11.5. The number of nitrogens with one attached hydrogen (secondary N) is 1. The molecule has 1 saturated carbocycles. The number of benzene rings is 1. The van der Waals surface area contributed by atoms with E-state index in [0.717, 1.165) is 31.2 Å². The summed E-state index contributed by atoms with van der Waals surface area (Å²) in [5.74, 6) is 1.84. The van der Waals surface area contributed by atoms with Gasteiger partial charge in [0.1, 0.15) is 5.75 Å². The van der Waals surface area contributed by atoms with Gasteiger partial charge in [-0.25, -0.2) is 0 Å². The molecule has 0 atom stereocenters. The summed E-state index contributed by atoms with van der Waals surface area (Å²) in [4.78, 5) is 0. The van der Waals surface area contributed by atoms with E-state index in [9.17, 15) is 0 Å². The fourth-order valence-electron chi connectivity index (χ4n) is 2.65. The molecule has 1 N–H and O–H groups in total. The Hall–Kier alpha value is -1.02. The predicted molar refractivity (Wildman–Crippen MR) is 76.1 cm³/mol. The largest absolute Gasteiger partial charge is 0.493 e. The van der Waals surface area contributed by atoms with Gasteiger partial charge < -0.3 is 10.1 Å². The maximum absolute atomic E-state index is 5.92. The maximum Gasteiger partial charge on any atom is 0.119 e. The van der Waals surface area contributed by atoms with Crippen LogP contribution in [0.25, 0.3) is 0 Å². The summed E-state index contributed by atoms with van der Waals surface area (Å²) < 4.78 is 5.92. The third-order valence-electron chi connectivity index (χ3n) is 3.75. The van der Waals surface area contributed by atoms with E-state index in [-0.39, 0.29) is 0 Å². The van der Waals surface area contributed by atoms with Gasteiger partial charge in [-0.3, -0.25) is 0 Å². The van der Waals surface area contributed by atoms with Crippen molar-refractivity contribution in [1.82, 2.24) is 5.32 Å². The molecular weight excluding hydrogens is 222 g/mol. The number of hydrogen-bond acceptors (Lipinski definition) is 2. The number of aryl methyl sites for hydroxylation is 1. The minimum absolute atomic E-state index is 0.790. The Kier molecular flexibility index (Phi) is 5.53. The standard InChI is InChI=1S/C16H25NO/c1-17-11-5-9-14-8-4-10-16(12-14)18-13-15-6-2-3-7-15/h4,8,10,12,15,17H,2-3,5-7,9,11,13H2,1H3. The zero-order valence-electron chi connectivity index (χ0n) is 11.5. The molecule has 0 unspecified atom stereocenters. The Morgan fingerprint density at radius 1 is 1.28 bits per heavy atom. The van der Waals surface area contributed by atoms with Crippen molar-refractivity contribution in [3.63, 3.8) is 0 Å². The van der Waals surface area contributed by atoms with E-state index in [4.69, 9.17) is 4.74 Å². The monoisotopic (exact) mass is 247 g/mol. The fourth-order valence-corrected chi connectivity index (χ4v) is 2.65. The van der Waals surface area contributed by atoms with Crippen LogP contribution in [0.15, 0.2) is 24.3 Å². The highest BCUT2D eigenvalue weighted by atomic mass is 16.5. The van der Waals surface area contributed by atoms with Crippen LogP contribution in [-0.2, 0) is 6.42 Å². The van der Waals surface area contributed by atoms with Crippen LogP contribution >= 0.6 is 0 Å². The first kappa shape index (κ1) is 13.4. The molecule has 0 heterocycles. The topological polar surface area (TPSA) is 21.3 Å². The molecule has 2 heteroatoms. The fraction of sp³-hybridized carbons (Fsp3) is 0.625. The molecule has 0 aliphatic heterocycles. The second kappa shape index (κ2) is 7.42. The number of hydrogen-bond donors (Lipinski definition) is 1. The summed E-state index contributed by atoms with van der Waals surface area (Å²) >= 11 is 0. The molecule has 0 amide bonds. The molecule has 1 aromatic rings. The van der Waals surface area contributed by atoms with Crippen LogP contribution in [0.5, 0.6) is 5.75 Å². The Labute approximate surface area is 111 Å². The summed E-state index contributed by atoms with van der Waals surface area (Å²) in [6.45, 7) is 1.98. The van der Waals surface area contributed by atoms with Gasteiger partial charge in [0.05, 0.1) is 6.61 Å². The lowest BCUT2D eigenvalue weighted by atomic mass is 10.1. The Balaban J connectivity index is 1.78. The van der Waals surface area contributed by atoms with Crippen molar-refractivity contribution in [3.05, 3.63) is 29.8 Å². The lowest BCUT2D eigenvalue weighted by Crippen LogP contribution is -2.09. The third-order valence-corrected chi connectivity index (χ3v) is 3.75. The molecule has 2 rings (SSSR count). The van der Waals surface area contributed by atoms with Gasteiger partial charge in [0.2, 0.25) is 0 Å². The van der Waals surface area contributed by atoms with Gasteiger partial charge in [-0.05, 0) is 62.9 Å². The molecule has 1 fully saturated rings. The summed E-state index contributed by atoms with van der Waals surface area (Å²) in [6, 6.07) is 8.58. The van der Waals surface area contributed by atoms with Crippen molar-refractivity contribution >= 4 is 0 Å². The van der Waals surface area contributed by atoms with Gasteiger partial charge in [-0.1, -0.05) is 25.0 Å². The minimum Gasteiger partial charge on any atom is -0.493 e. The van der Waals surface area contributed by atoms with Crippen molar-refractivity contribution in [1.29, 1.82) is 0 Å². The molecule has 2 nitrogen and oxygen atoms in total. The van der Waals surface area contributed by atoms with E-state index in [1.165, 1.54) is 37.7 Å². The number of ether oxygens (including phenoxy) is 1. The van der Waals surface area contributed by atoms with Crippen molar-refractivity contribution in [2.24, 2.45) is 5.92 Å². The second-order valence-corrected chi connectivity index (χ2v) is 5.32. The molecule has 1 aromatic carbocycles. The van der Waals surface area contributed by atoms with Crippen molar-refractivity contribution in [2.45, 2.75) is 38.5 Å². The van der Waals surface area contributed by atoms with Gasteiger partial charge >= 0.3 is 0 Å². The number of rotatable bonds is 7. The van der Waals surface area contributed by atoms with Crippen molar-refractivity contribution in [3.8, 4) is 5.75 Å². The highest BCUT2D eigenvalue weighted by molar-refractivity contribution is 5.28. The average molecular weight is 247 g/mol. The minimum atomic E-state index is 0.790. The van der Waals surface area contributed by atoms with Gasteiger partial charge in [0.15, 0.2) is 0 Å². The molecule has 0 radical (unpaired) electrons. The summed E-state index contributed by atoms with van der Waals surface area (Å²) in [7, 11) is 2.00. The molecular formula is C16H25NO. The second-order valence-electron chi connectivity index (χ2n) is 5.32. The SMILES string of the molecule is CNCCCc1cccc(OCC2CCCC2)c1. The Morgan fingerprint density at radius 2 is 2.11 bits per heavy atom. The van der Waals surface area contributed by atoms with E-state index in [1.807, 2.05) is 7.05 Å². The molecule has 18 heavy (non-hydrogen) atoms. The first-order valence-corrected chi connectivity index (χ1v) is 7.25. The summed E-state index contributed by atoms with van der Waals surface area (Å²) in [5, 5.41) is 3.18. The Morgan fingerprint density at radius 3 is 2.89 bits per heavy atom. The molecule has 100 valence electrons. The zero-order chi connectivity index (χ0) is 12.6. The highest BCUT2D eigenvalue weighted by Crippen LogP contribution is 2.25. The van der Waals surface area contributed by atoms with Crippen LogP contribution in [0.2, 0.25) is 0 Å². The van der Waals surface area contributed by atoms with Gasteiger partial charge in [0.25, 0.3) is 0 Å². The van der Waals surface area contributed by atoms with Gasteiger partial charge in [-0.2, -0.15) is 0 Å². The lowest BCUT2D eigenvalue weighted by Gasteiger charge is -2.12. The smallest absolute Gasteiger partial charge is 0.119 e. The molecule has 0 spiro atoms. The van der Waals surface area contributed by atoms with Crippen molar-refractivity contribution in [2.75, 3.05) is 20.2 Å². The van der Waals surface area contributed by atoms with E-state index < -0.39 is 0 Å². The van der Waals surface area contributed by atoms with Crippen LogP contribution in [0.3, 0.4) is 0 Å². The van der Waals surface area contributed by atoms with E-state index in [0.29, 0.717) is 0 Å². The molecule has 0 bridgehead atoms. The van der Waals surface area contributed by atoms with E-state index in [2.05, 4.69) is 29.6 Å². The molecule has 0 aromatic heterocycles. The van der Waals surface area contributed by atoms with Crippen LogP contribution < -0.4 is 10.1 Å². The first-order chi connectivity index (χ1) is 8.88. The molecule has 1 aliphatic carbocycles. The van der Waals surface area contributed by atoms with Gasteiger partial charge in [-0.15, -0.1) is 0 Å². The van der Waals surface area contributed by atoms with Crippen LogP contribution in [-0.4, -0.2) is 20.2 Å². The van der Waals surface area contributed by atoms with Crippen molar-refractivity contribution < 1.29 is 4.74 Å². The van der Waals surface area contributed by atoms with E-state index in [1.54, 1.807) is 0 Å². The third kappa shape index (κ3) is 4.34. The highest BCUT2D eigenvalue weighted by Gasteiger charge is 2.15. The molecule has 1 aliphatic rings. The lowest BCUT2D eigenvalue weighted by molar-refractivity contribution is 0.252. The van der Waals surface area contributed by atoms with E-state index >= 15 is 0 Å². The predicted octanol–water partition coefficient (Wildman–Crippen LogP) is 3.41. The van der Waals surface area contributed by atoms with Gasteiger partial charge in [0, 0.05) is 0 Å². The van der Waals surface area contributed by atoms with Crippen LogP contribution in [0.4, 0.5) is 0 Å². The summed E-state index contributed by atoms with van der Waals surface area (Å²) in [5.41, 5.74) is 1.38. The van der Waals surface area contributed by atoms with Crippen LogP contribution in [0, 0.1) is 5.92 Å². The van der Waals surface area contributed by atoms with Crippen LogP contribution in [0.1, 0.15) is 37.7 Å².